The first-order chi connectivity index (χ1) is 12.1. The third-order valence-electron chi connectivity index (χ3n) is 5.70. The van der Waals surface area contributed by atoms with Gasteiger partial charge in [-0.15, -0.1) is 0 Å². The Labute approximate surface area is 156 Å². The molecule has 0 N–H and O–H groups in total. The van der Waals surface area contributed by atoms with Crippen LogP contribution in [0.2, 0.25) is 0 Å². The zero-order chi connectivity index (χ0) is 19.1. The molecule has 1 spiro atoms. The van der Waals surface area contributed by atoms with Crippen LogP contribution in [-0.4, -0.2) is 82.9 Å². The molecule has 1 unspecified atom stereocenters. The molecule has 1 atom stereocenters. The van der Waals surface area contributed by atoms with Crippen molar-refractivity contribution in [2.75, 3.05) is 33.2 Å². The highest BCUT2D eigenvalue weighted by atomic mass is 16.6. The first-order valence-corrected chi connectivity index (χ1v) is 9.68. The first-order valence-electron chi connectivity index (χ1n) is 9.68. The Kier molecular flexibility index (Phi) is 5.03. The molecule has 3 rings (SSSR count). The minimum absolute atomic E-state index is 0.130. The normalized spacial score (nSPS) is 28.7. The van der Waals surface area contributed by atoms with Gasteiger partial charge in [0.2, 0.25) is 0 Å². The SMILES string of the molecule is CC1=NC2(CCCN(C3CCN(C(=O)OC(C)(C)C)CC3)C2)C(=O)N1C. The second kappa shape index (κ2) is 6.83. The second-order valence-electron chi connectivity index (χ2n) is 8.83. The molecule has 7 heteroatoms. The number of likely N-dealkylation sites (N-methyl/N-ethyl adjacent to an activating group) is 1. The number of carbonyl (C=O) groups excluding carboxylic acids is 2. The Bertz CT molecular complexity index is 604. The summed E-state index contributed by atoms with van der Waals surface area (Å²) in [4.78, 5) is 35.6. The molecule has 2 amide bonds. The van der Waals surface area contributed by atoms with Gasteiger partial charge in [-0.3, -0.25) is 14.7 Å². The van der Waals surface area contributed by atoms with Crippen LogP contribution in [-0.2, 0) is 9.53 Å². The minimum Gasteiger partial charge on any atom is -0.444 e. The largest absolute Gasteiger partial charge is 0.444 e. The molecular weight excluding hydrogens is 332 g/mol. The van der Waals surface area contributed by atoms with Crippen LogP contribution in [0.5, 0.6) is 0 Å². The van der Waals surface area contributed by atoms with Crippen molar-refractivity contribution < 1.29 is 14.3 Å². The van der Waals surface area contributed by atoms with Gasteiger partial charge in [-0.2, -0.15) is 0 Å². The van der Waals surface area contributed by atoms with E-state index in [-0.39, 0.29) is 12.0 Å². The monoisotopic (exact) mass is 364 g/mol. The number of carbonyl (C=O) groups is 2. The summed E-state index contributed by atoms with van der Waals surface area (Å²) in [7, 11) is 1.81. The van der Waals surface area contributed by atoms with Crippen molar-refractivity contribution in [2.24, 2.45) is 4.99 Å². The standard InChI is InChI=1S/C19H32N4O3/c1-14-20-19(16(24)21(14)5)9-6-10-23(13-19)15-7-11-22(12-8-15)17(25)26-18(2,3)4/h15H,6-13H2,1-5H3. The van der Waals surface area contributed by atoms with E-state index in [0.717, 1.165) is 38.1 Å². The molecule has 0 aromatic heterocycles. The lowest BCUT2D eigenvalue weighted by Gasteiger charge is -2.44. The van der Waals surface area contributed by atoms with Gasteiger partial charge in [0.1, 0.15) is 11.4 Å². The highest BCUT2D eigenvalue weighted by Crippen LogP contribution is 2.34. The molecule has 26 heavy (non-hydrogen) atoms. The lowest BCUT2D eigenvalue weighted by Crippen LogP contribution is -2.57. The number of hydrogen-bond acceptors (Lipinski definition) is 5. The number of nitrogens with zero attached hydrogens (tertiary/aromatic N) is 4. The molecule has 0 aromatic carbocycles. The van der Waals surface area contributed by atoms with Gasteiger partial charge in [0.25, 0.3) is 5.91 Å². The zero-order valence-corrected chi connectivity index (χ0v) is 16.7. The van der Waals surface area contributed by atoms with Crippen LogP contribution in [0.15, 0.2) is 4.99 Å². The summed E-state index contributed by atoms with van der Waals surface area (Å²) in [5, 5.41) is 0. The summed E-state index contributed by atoms with van der Waals surface area (Å²) in [6.07, 6.45) is 3.44. The third-order valence-corrected chi connectivity index (χ3v) is 5.70. The summed E-state index contributed by atoms with van der Waals surface area (Å²) in [6.45, 7) is 10.7. The molecule has 0 aliphatic carbocycles. The maximum atomic E-state index is 12.7. The van der Waals surface area contributed by atoms with Crippen molar-refractivity contribution in [3.8, 4) is 0 Å². The maximum Gasteiger partial charge on any atom is 0.410 e. The molecule has 146 valence electrons. The third kappa shape index (κ3) is 3.72. The molecule has 2 saturated heterocycles. The summed E-state index contributed by atoms with van der Waals surface area (Å²) >= 11 is 0. The van der Waals surface area contributed by atoms with Gasteiger partial charge >= 0.3 is 6.09 Å². The Morgan fingerprint density at radius 3 is 2.42 bits per heavy atom. The van der Waals surface area contributed by atoms with Gasteiger partial charge in [0, 0.05) is 32.7 Å². The second-order valence-corrected chi connectivity index (χ2v) is 8.83. The van der Waals surface area contributed by atoms with Crippen LogP contribution in [0.4, 0.5) is 4.79 Å². The quantitative estimate of drug-likeness (QED) is 0.715. The van der Waals surface area contributed by atoms with Crippen LogP contribution < -0.4 is 0 Å². The van der Waals surface area contributed by atoms with Gasteiger partial charge in [-0.1, -0.05) is 0 Å². The molecule has 7 nitrogen and oxygen atoms in total. The summed E-state index contributed by atoms with van der Waals surface area (Å²) < 4.78 is 5.48. The van der Waals surface area contributed by atoms with Crippen LogP contribution >= 0.6 is 0 Å². The van der Waals surface area contributed by atoms with E-state index in [1.54, 1.807) is 9.80 Å². The Hall–Kier alpha value is -1.63. The van der Waals surface area contributed by atoms with Crippen LogP contribution in [0.1, 0.15) is 53.4 Å². The molecule has 0 bridgehead atoms. The number of aliphatic imine (C=N–C) groups is 1. The van der Waals surface area contributed by atoms with E-state index >= 15 is 0 Å². The van der Waals surface area contributed by atoms with Crippen LogP contribution in [0, 0.1) is 0 Å². The van der Waals surface area contributed by atoms with Crippen LogP contribution in [0.25, 0.3) is 0 Å². The minimum atomic E-state index is -0.584. The Balaban J connectivity index is 1.58. The number of amidine groups is 1. The Morgan fingerprint density at radius 1 is 1.23 bits per heavy atom. The first kappa shape index (κ1) is 19.1. The van der Waals surface area contributed by atoms with Crippen molar-refractivity contribution >= 4 is 17.8 Å². The van der Waals surface area contributed by atoms with Gasteiger partial charge in [0.15, 0.2) is 5.54 Å². The van der Waals surface area contributed by atoms with Crippen molar-refractivity contribution in [3.05, 3.63) is 0 Å². The number of piperidine rings is 2. The molecule has 0 saturated carbocycles. The number of rotatable bonds is 1. The van der Waals surface area contributed by atoms with Gasteiger partial charge in [0.05, 0.1) is 0 Å². The van der Waals surface area contributed by atoms with E-state index in [1.807, 2.05) is 34.7 Å². The van der Waals surface area contributed by atoms with Crippen molar-refractivity contribution in [2.45, 2.75) is 70.6 Å². The highest BCUT2D eigenvalue weighted by Gasteiger charge is 2.49. The fourth-order valence-corrected chi connectivity index (χ4v) is 4.28. The molecule has 3 aliphatic rings. The molecule has 3 heterocycles. The smallest absolute Gasteiger partial charge is 0.410 e. The predicted molar refractivity (Wildman–Crippen MR) is 100 cm³/mol. The average molecular weight is 364 g/mol. The molecule has 0 aromatic rings. The zero-order valence-electron chi connectivity index (χ0n) is 16.7. The van der Waals surface area contributed by atoms with E-state index in [9.17, 15) is 9.59 Å². The lowest BCUT2D eigenvalue weighted by atomic mass is 9.87. The predicted octanol–water partition coefficient (Wildman–Crippen LogP) is 2.11. The Morgan fingerprint density at radius 2 is 1.88 bits per heavy atom. The molecular formula is C19H32N4O3. The topological polar surface area (TPSA) is 65.5 Å². The van der Waals surface area contributed by atoms with E-state index in [1.165, 1.54) is 0 Å². The molecule has 2 fully saturated rings. The summed E-state index contributed by atoms with van der Waals surface area (Å²) in [5.41, 5.74) is -1.04. The van der Waals surface area contributed by atoms with E-state index < -0.39 is 11.1 Å². The van der Waals surface area contributed by atoms with Crippen LogP contribution in [0.3, 0.4) is 0 Å². The molecule has 0 radical (unpaired) electrons. The lowest BCUT2D eigenvalue weighted by molar-refractivity contribution is -0.132. The number of amides is 2. The number of ether oxygens (including phenoxy) is 1. The van der Waals surface area contributed by atoms with Gasteiger partial charge in [-0.25, -0.2) is 4.79 Å². The maximum absolute atomic E-state index is 12.7. The fourth-order valence-electron chi connectivity index (χ4n) is 4.28. The van der Waals surface area contributed by atoms with Gasteiger partial charge in [-0.05, 0) is 59.9 Å². The highest BCUT2D eigenvalue weighted by molar-refractivity contribution is 6.07. The van der Waals surface area contributed by atoms with E-state index in [2.05, 4.69) is 4.90 Å². The summed E-state index contributed by atoms with van der Waals surface area (Å²) in [5.74, 6) is 0.947. The van der Waals surface area contributed by atoms with E-state index in [4.69, 9.17) is 9.73 Å². The average Bonchev–Trinajstić information content (AvgIpc) is 2.77. The number of likely N-dealkylation sites (tertiary alicyclic amines) is 2. The van der Waals surface area contributed by atoms with E-state index in [0.29, 0.717) is 25.7 Å². The molecule has 3 aliphatic heterocycles. The van der Waals surface area contributed by atoms with Crippen molar-refractivity contribution in [1.29, 1.82) is 0 Å². The van der Waals surface area contributed by atoms with Crippen molar-refractivity contribution in [3.63, 3.8) is 0 Å². The van der Waals surface area contributed by atoms with Gasteiger partial charge < -0.3 is 14.5 Å². The fraction of sp³-hybridized carbons (Fsp3) is 0.842. The summed E-state index contributed by atoms with van der Waals surface area (Å²) in [6, 6.07) is 0.403. The van der Waals surface area contributed by atoms with Crippen molar-refractivity contribution in [1.82, 2.24) is 14.7 Å². The number of hydrogen-bond donors (Lipinski definition) is 0.